The first-order valence-electron chi connectivity index (χ1n) is 4.21. The molecule has 10 heteroatoms. The topological polar surface area (TPSA) is 101 Å². The van der Waals surface area contributed by atoms with Gasteiger partial charge in [-0.3, -0.25) is 9.59 Å². The van der Waals surface area contributed by atoms with E-state index >= 15 is 0 Å². The van der Waals surface area contributed by atoms with Crippen molar-refractivity contribution in [1.82, 2.24) is 0 Å². The van der Waals surface area contributed by atoms with Gasteiger partial charge in [-0.1, -0.05) is 6.58 Å². The average Bonchev–Trinajstić information content (AvgIpc) is 2.15. The van der Waals surface area contributed by atoms with Crippen LogP contribution in [-0.2, 0) is 19.1 Å². The van der Waals surface area contributed by atoms with Gasteiger partial charge in [-0.15, -0.1) is 67.9 Å². The van der Waals surface area contributed by atoms with Crippen molar-refractivity contribution in [2.75, 3.05) is 6.61 Å². The number of ether oxygens (including phenoxy) is 1. The first-order valence-corrected chi connectivity index (χ1v) is 4.21. The number of hydrogen-bond donors (Lipinski definition) is 2. The molecular weight excluding hydrogens is 524 g/mol. The summed E-state index contributed by atoms with van der Waals surface area (Å²) < 4.78 is 4.54. The van der Waals surface area contributed by atoms with Crippen LogP contribution in [0.4, 0.5) is 0 Å². The molecule has 0 aliphatic rings. The number of aliphatic carboxylic acids is 2. The van der Waals surface area contributed by atoms with Gasteiger partial charge in [-0.25, -0.2) is 4.79 Å². The molecule has 0 aliphatic heterocycles. The standard InChI is InChI=1S/C9H12O6.4BrH/c1-2-8(12)15-4-3-6(9(13)14)5-7(10)11;;;;/h2,6H,1,3-5H2,(H,10,11)(H,13,14);4*1H. The molecule has 2 N–H and O–H groups in total. The number of carboxylic acids is 2. The highest BCUT2D eigenvalue weighted by Crippen LogP contribution is 2.09. The summed E-state index contributed by atoms with van der Waals surface area (Å²) in [5.41, 5.74) is 0. The lowest BCUT2D eigenvalue weighted by atomic mass is 10.0. The molecule has 0 aromatic rings. The van der Waals surface area contributed by atoms with Crippen molar-refractivity contribution < 1.29 is 29.3 Å². The van der Waals surface area contributed by atoms with E-state index in [0.717, 1.165) is 6.08 Å². The van der Waals surface area contributed by atoms with E-state index in [1.165, 1.54) is 0 Å². The summed E-state index contributed by atoms with van der Waals surface area (Å²) in [6.07, 6.45) is 0.440. The fraction of sp³-hybridized carbons (Fsp3) is 0.444. The Kier molecular flexibility index (Phi) is 29.9. The van der Waals surface area contributed by atoms with E-state index in [1.807, 2.05) is 0 Å². The lowest BCUT2D eigenvalue weighted by Crippen LogP contribution is -2.20. The van der Waals surface area contributed by atoms with Crippen LogP contribution in [0.5, 0.6) is 0 Å². The normalized spacial score (nSPS) is 9.05. The summed E-state index contributed by atoms with van der Waals surface area (Å²) >= 11 is 0. The number of rotatable bonds is 7. The van der Waals surface area contributed by atoms with Gasteiger partial charge in [0.15, 0.2) is 0 Å². The van der Waals surface area contributed by atoms with Crippen LogP contribution >= 0.6 is 67.9 Å². The molecule has 116 valence electrons. The Morgan fingerprint density at radius 1 is 1.11 bits per heavy atom. The van der Waals surface area contributed by atoms with Crippen LogP contribution in [0, 0.1) is 5.92 Å². The fourth-order valence-corrected chi connectivity index (χ4v) is 0.884. The molecule has 0 amide bonds. The highest BCUT2D eigenvalue weighted by Gasteiger charge is 2.20. The SMILES string of the molecule is Br.Br.Br.Br.C=CC(=O)OCCC(CC(=O)O)C(=O)O. The van der Waals surface area contributed by atoms with Crippen molar-refractivity contribution in [3.8, 4) is 0 Å². The molecule has 0 aromatic carbocycles. The highest BCUT2D eigenvalue weighted by molar-refractivity contribution is 8.93. The molecule has 0 aliphatic carbocycles. The van der Waals surface area contributed by atoms with Crippen LogP contribution in [0.3, 0.4) is 0 Å². The second kappa shape index (κ2) is 18.1. The molecule has 6 nitrogen and oxygen atoms in total. The molecule has 1 atom stereocenters. The van der Waals surface area contributed by atoms with Crippen molar-refractivity contribution in [1.29, 1.82) is 0 Å². The zero-order chi connectivity index (χ0) is 11.8. The van der Waals surface area contributed by atoms with Gasteiger partial charge in [0, 0.05) is 6.08 Å². The Morgan fingerprint density at radius 3 is 1.89 bits per heavy atom. The summed E-state index contributed by atoms with van der Waals surface area (Å²) in [6.45, 7) is 3.03. The zero-order valence-corrected chi connectivity index (χ0v) is 16.5. The minimum absolute atomic E-state index is 0. The first kappa shape index (κ1) is 31.5. The van der Waals surface area contributed by atoms with E-state index in [9.17, 15) is 14.4 Å². The number of carboxylic acid groups (broad SMARTS) is 2. The molecule has 19 heavy (non-hydrogen) atoms. The summed E-state index contributed by atoms with van der Waals surface area (Å²) in [7, 11) is 0. The van der Waals surface area contributed by atoms with E-state index in [1.54, 1.807) is 0 Å². The Morgan fingerprint density at radius 2 is 1.58 bits per heavy atom. The number of esters is 1. The van der Waals surface area contributed by atoms with Gasteiger partial charge in [0.2, 0.25) is 0 Å². The van der Waals surface area contributed by atoms with E-state index in [0.29, 0.717) is 0 Å². The van der Waals surface area contributed by atoms with Gasteiger partial charge in [-0.05, 0) is 6.42 Å². The average molecular weight is 540 g/mol. The Bertz CT molecular complexity index is 284. The number of halogens is 4. The minimum atomic E-state index is -1.22. The van der Waals surface area contributed by atoms with Crippen molar-refractivity contribution in [3.05, 3.63) is 12.7 Å². The van der Waals surface area contributed by atoms with Gasteiger partial charge >= 0.3 is 17.9 Å². The van der Waals surface area contributed by atoms with Crippen molar-refractivity contribution >= 4 is 85.8 Å². The predicted octanol–water partition coefficient (Wildman–Crippen LogP) is 2.59. The molecule has 0 aromatic heterocycles. The molecule has 0 fully saturated rings. The monoisotopic (exact) mass is 536 g/mol. The molecule has 0 heterocycles. The van der Waals surface area contributed by atoms with E-state index in [2.05, 4.69) is 11.3 Å². The maximum Gasteiger partial charge on any atom is 0.330 e. The van der Waals surface area contributed by atoms with Gasteiger partial charge in [0.05, 0.1) is 18.9 Å². The lowest BCUT2D eigenvalue weighted by Gasteiger charge is -2.08. The van der Waals surface area contributed by atoms with E-state index < -0.39 is 30.2 Å². The molecule has 0 saturated heterocycles. The van der Waals surface area contributed by atoms with Gasteiger partial charge < -0.3 is 14.9 Å². The highest BCUT2D eigenvalue weighted by atomic mass is 79.9. The van der Waals surface area contributed by atoms with Crippen LogP contribution in [-0.4, -0.2) is 34.7 Å². The molecule has 0 bridgehead atoms. The number of carbonyl (C=O) groups is 3. The summed E-state index contributed by atoms with van der Waals surface area (Å²) in [5, 5.41) is 17.0. The van der Waals surface area contributed by atoms with E-state index in [-0.39, 0.29) is 81.0 Å². The third-order valence-corrected chi connectivity index (χ3v) is 1.65. The van der Waals surface area contributed by atoms with Crippen LogP contribution in [0.1, 0.15) is 12.8 Å². The molecule has 0 radical (unpaired) electrons. The van der Waals surface area contributed by atoms with Gasteiger partial charge in [0.1, 0.15) is 0 Å². The smallest absolute Gasteiger partial charge is 0.330 e. The number of carbonyl (C=O) groups excluding carboxylic acids is 1. The van der Waals surface area contributed by atoms with Crippen LogP contribution in [0.15, 0.2) is 12.7 Å². The van der Waals surface area contributed by atoms with Crippen molar-refractivity contribution in [2.24, 2.45) is 5.92 Å². The zero-order valence-electron chi connectivity index (χ0n) is 9.64. The molecular formula is C9H16Br4O6. The summed E-state index contributed by atoms with van der Waals surface area (Å²) in [6, 6.07) is 0. The predicted molar refractivity (Wildman–Crippen MR) is 90.4 cm³/mol. The quantitative estimate of drug-likeness (QED) is 0.381. The summed E-state index contributed by atoms with van der Waals surface area (Å²) in [5.74, 6) is -4.11. The van der Waals surface area contributed by atoms with Crippen LogP contribution in [0.25, 0.3) is 0 Å². The van der Waals surface area contributed by atoms with E-state index in [4.69, 9.17) is 10.2 Å². The third kappa shape index (κ3) is 18.1. The summed E-state index contributed by atoms with van der Waals surface area (Å²) in [4.78, 5) is 31.4. The maximum atomic E-state index is 10.6. The molecule has 1 unspecified atom stereocenters. The second-order valence-electron chi connectivity index (χ2n) is 2.79. The van der Waals surface area contributed by atoms with Gasteiger partial charge in [0.25, 0.3) is 0 Å². The van der Waals surface area contributed by atoms with Gasteiger partial charge in [-0.2, -0.15) is 0 Å². The minimum Gasteiger partial charge on any atom is -0.481 e. The first-order chi connectivity index (χ1) is 6.97. The van der Waals surface area contributed by atoms with Crippen molar-refractivity contribution in [2.45, 2.75) is 12.8 Å². The van der Waals surface area contributed by atoms with Crippen molar-refractivity contribution in [3.63, 3.8) is 0 Å². The Hall–Kier alpha value is 0.0700. The van der Waals surface area contributed by atoms with Crippen LogP contribution in [0.2, 0.25) is 0 Å². The fourth-order valence-electron chi connectivity index (χ4n) is 0.884. The third-order valence-electron chi connectivity index (χ3n) is 1.65. The Balaban J connectivity index is -0.000000163. The maximum absolute atomic E-state index is 10.6. The second-order valence-corrected chi connectivity index (χ2v) is 2.79. The molecule has 0 rings (SSSR count). The largest absolute Gasteiger partial charge is 0.481 e. The number of hydrogen-bond acceptors (Lipinski definition) is 4. The molecule has 0 spiro atoms. The Labute approximate surface area is 152 Å². The van der Waals surface area contributed by atoms with Crippen LogP contribution < -0.4 is 0 Å². The molecule has 0 saturated carbocycles. The lowest BCUT2D eigenvalue weighted by molar-refractivity contribution is -0.150.